The van der Waals surface area contributed by atoms with E-state index in [2.05, 4.69) is 48.3 Å². The van der Waals surface area contributed by atoms with Crippen molar-refractivity contribution in [2.45, 2.75) is 38.8 Å². The lowest BCUT2D eigenvalue weighted by atomic mass is 10.2. The van der Waals surface area contributed by atoms with Crippen LogP contribution in [0.15, 0.2) is 24.3 Å². The summed E-state index contributed by atoms with van der Waals surface area (Å²) in [6.45, 7) is 6.62. The molecule has 19 heavy (non-hydrogen) atoms. The molecule has 1 aromatic carbocycles. The van der Waals surface area contributed by atoms with E-state index >= 15 is 0 Å². The van der Waals surface area contributed by atoms with Gasteiger partial charge in [0.15, 0.2) is 5.13 Å². The molecule has 1 fully saturated rings. The van der Waals surface area contributed by atoms with Crippen molar-refractivity contribution in [2.75, 3.05) is 18.0 Å². The smallest absolute Gasteiger partial charge is 0.186 e. The van der Waals surface area contributed by atoms with Gasteiger partial charge in [0.05, 0.1) is 10.2 Å². The Labute approximate surface area is 118 Å². The Morgan fingerprint density at radius 1 is 1.42 bits per heavy atom. The predicted molar refractivity (Wildman–Crippen MR) is 83.1 cm³/mol. The molecule has 3 nitrogen and oxygen atoms in total. The van der Waals surface area contributed by atoms with Gasteiger partial charge in [-0.3, -0.25) is 0 Å². The van der Waals surface area contributed by atoms with Gasteiger partial charge in [-0.15, -0.1) is 0 Å². The number of hydrogen-bond donors (Lipinski definition) is 1. The number of benzene rings is 1. The van der Waals surface area contributed by atoms with Gasteiger partial charge in [-0.05, 0) is 25.0 Å². The van der Waals surface area contributed by atoms with E-state index in [1.807, 2.05) is 11.3 Å². The van der Waals surface area contributed by atoms with Crippen LogP contribution in [0.2, 0.25) is 0 Å². The van der Waals surface area contributed by atoms with Crippen LogP contribution in [0.25, 0.3) is 10.2 Å². The average Bonchev–Trinajstić information content (AvgIpc) is 3.02. The van der Waals surface area contributed by atoms with Gasteiger partial charge in [0.2, 0.25) is 0 Å². The largest absolute Gasteiger partial charge is 0.344 e. The lowest BCUT2D eigenvalue weighted by molar-refractivity contribution is 0.524. The van der Waals surface area contributed by atoms with Crippen LogP contribution in [0.5, 0.6) is 0 Å². The second-order valence-corrected chi connectivity index (χ2v) is 6.53. The van der Waals surface area contributed by atoms with E-state index in [9.17, 15) is 0 Å². The Morgan fingerprint density at radius 3 is 3.05 bits per heavy atom. The summed E-state index contributed by atoms with van der Waals surface area (Å²) < 4.78 is 1.29. The maximum absolute atomic E-state index is 4.79. The zero-order valence-electron chi connectivity index (χ0n) is 11.6. The molecule has 0 spiro atoms. The molecular formula is C15H21N3S. The number of thiazole rings is 1. The first-order valence-corrected chi connectivity index (χ1v) is 7.91. The van der Waals surface area contributed by atoms with Crippen LogP contribution in [-0.2, 0) is 0 Å². The third kappa shape index (κ3) is 2.74. The fourth-order valence-corrected chi connectivity index (χ4v) is 3.72. The van der Waals surface area contributed by atoms with Crippen molar-refractivity contribution in [1.82, 2.24) is 10.3 Å². The summed E-state index contributed by atoms with van der Waals surface area (Å²) in [5.41, 5.74) is 1.13. The minimum absolute atomic E-state index is 0.554. The Bertz CT molecular complexity index is 516. The van der Waals surface area contributed by atoms with Crippen LogP contribution in [-0.4, -0.2) is 30.2 Å². The summed E-state index contributed by atoms with van der Waals surface area (Å²) in [4.78, 5) is 7.27. The van der Waals surface area contributed by atoms with Gasteiger partial charge < -0.3 is 10.2 Å². The van der Waals surface area contributed by atoms with E-state index in [1.165, 1.54) is 22.7 Å². The van der Waals surface area contributed by atoms with Crippen molar-refractivity contribution in [1.29, 1.82) is 0 Å². The summed E-state index contributed by atoms with van der Waals surface area (Å²) in [7, 11) is 0. The second kappa shape index (κ2) is 5.47. The maximum Gasteiger partial charge on any atom is 0.186 e. The van der Waals surface area contributed by atoms with Gasteiger partial charge in [0.25, 0.3) is 0 Å². The summed E-state index contributed by atoms with van der Waals surface area (Å²) >= 11 is 1.82. The molecule has 1 saturated heterocycles. The molecular weight excluding hydrogens is 254 g/mol. The maximum atomic E-state index is 4.79. The number of aromatic nitrogens is 1. The number of anilines is 1. The molecule has 0 aliphatic carbocycles. The Hall–Kier alpha value is -1.13. The van der Waals surface area contributed by atoms with E-state index in [0.29, 0.717) is 12.1 Å². The van der Waals surface area contributed by atoms with Crippen LogP contribution in [0.1, 0.15) is 26.7 Å². The molecule has 0 saturated carbocycles. The summed E-state index contributed by atoms with van der Waals surface area (Å²) in [6, 6.07) is 9.57. The highest BCUT2D eigenvalue weighted by Crippen LogP contribution is 2.32. The normalized spacial score (nSPS) is 19.7. The predicted octanol–water partition coefficient (Wildman–Crippen LogP) is 3.26. The van der Waals surface area contributed by atoms with Crippen molar-refractivity contribution in [3.63, 3.8) is 0 Å². The first kappa shape index (κ1) is 12.9. The molecule has 1 aliphatic heterocycles. The molecule has 0 amide bonds. The molecule has 2 aromatic rings. The van der Waals surface area contributed by atoms with Gasteiger partial charge >= 0.3 is 0 Å². The summed E-state index contributed by atoms with van der Waals surface area (Å²) in [5, 5.41) is 4.75. The number of rotatable bonds is 4. The minimum Gasteiger partial charge on any atom is -0.344 e. The summed E-state index contributed by atoms with van der Waals surface area (Å²) in [5.74, 6) is 0. The molecule has 0 radical (unpaired) electrons. The fourth-order valence-electron chi connectivity index (χ4n) is 2.65. The third-order valence-electron chi connectivity index (χ3n) is 3.67. The van der Waals surface area contributed by atoms with Crippen molar-refractivity contribution < 1.29 is 0 Å². The van der Waals surface area contributed by atoms with E-state index in [0.717, 1.165) is 18.6 Å². The molecule has 1 aliphatic rings. The number of nitrogens with zero attached hydrogens (tertiary/aromatic N) is 2. The number of fused-ring (bicyclic) bond motifs is 1. The monoisotopic (exact) mass is 275 g/mol. The molecule has 1 atom stereocenters. The fraction of sp³-hybridized carbons (Fsp3) is 0.533. The topological polar surface area (TPSA) is 28.2 Å². The lowest BCUT2D eigenvalue weighted by Gasteiger charge is -2.25. The molecule has 1 unspecified atom stereocenters. The van der Waals surface area contributed by atoms with Crippen molar-refractivity contribution in [3.05, 3.63) is 24.3 Å². The van der Waals surface area contributed by atoms with Gasteiger partial charge in [-0.1, -0.05) is 37.3 Å². The number of hydrogen-bond acceptors (Lipinski definition) is 4. The van der Waals surface area contributed by atoms with E-state index in [4.69, 9.17) is 4.98 Å². The Morgan fingerprint density at radius 2 is 2.26 bits per heavy atom. The average molecular weight is 275 g/mol. The van der Waals surface area contributed by atoms with Gasteiger partial charge in [-0.25, -0.2) is 4.98 Å². The van der Waals surface area contributed by atoms with E-state index in [1.54, 1.807) is 0 Å². The van der Waals surface area contributed by atoms with Crippen LogP contribution in [0, 0.1) is 0 Å². The van der Waals surface area contributed by atoms with Gasteiger partial charge in [-0.2, -0.15) is 0 Å². The lowest BCUT2D eigenvalue weighted by Crippen LogP contribution is -2.40. The minimum atomic E-state index is 0.554. The first-order chi connectivity index (χ1) is 9.24. The molecule has 4 heteroatoms. The van der Waals surface area contributed by atoms with Gasteiger partial charge in [0.1, 0.15) is 0 Å². The number of para-hydroxylation sites is 1. The highest BCUT2D eigenvalue weighted by molar-refractivity contribution is 7.22. The standard InChI is InChI=1S/C15H21N3S/c1-11(2)16-10-12-6-5-9-18(12)15-17-13-7-3-4-8-14(13)19-15/h3-4,7-8,11-12,16H,5-6,9-10H2,1-2H3. The van der Waals surface area contributed by atoms with Crippen LogP contribution >= 0.6 is 11.3 Å². The van der Waals surface area contributed by atoms with Crippen molar-refractivity contribution in [3.8, 4) is 0 Å². The van der Waals surface area contributed by atoms with Crippen LogP contribution in [0.3, 0.4) is 0 Å². The van der Waals surface area contributed by atoms with Gasteiger partial charge in [0, 0.05) is 25.2 Å². The molecule has 3 rings (SSSR count). The zero-order chi connectivity index (χ0) is 13.2. The second-order valence-electron chi connectivity index (χ2n) is 5.52. The zero-order valence-corrected chi connectivity index (χ0v) is 12.4. The highest BCUT2D eigenvalue weighted by atomic mass is 32.1. The molecule has 1 aromatic heterocycles. The van der Waals surface area contributed by atoms with E-state index in [-0.39, 0.29) is 0 Å². The molecule has 2 heterocycles. The van der Waals surface area contributed by atoms with Crippen molar-refractivity contribution in [2.24, 2.45) is 0 Å². The van der Waals surface area contributed by atoms with Crippen LogP contribution in [0.4, 0.5) is 5.13 Å². The molecule has 1 N–H and O–H groups in total. The SMILES string of the molecule is CC(C)NCC1CCCN1c1nc2ccccc2s1. The third-order valence-corrected chi connectivity index (χ3v) is 4.74. The quantitative estimate of drug-likeness (QED) is 0.928. The first-order valence-electron chi connectivity index (χ1n) is 7.09. The Balaban J connectivity index is 1.79. The molecule has 102 valence electrons. The van der Waals surface area contributed by atoms with Crippen molar-refractivity contribution >= 4 is 26.7 Å². The molecule has 0 bridgehead atoms. The van der Waals surface area contributed by atoms with E-state index < -0.39 is 0 Å². The summed E-state index contributed by atoms with van der Waals surface area (Å²) in [6.07, 6.45) is 2.55. The highest BCUT2D eigenvalue weighted by Gasteiger charge is 2.26. The van der Waals surface area contributed by atoms with Crippen LogP contribution < -0.4 is 10.2 Å². The Kier molecular flexibility index (Phi) is 3.71. The number of nitrogens with one attached hydrogen (secondary N) is 1.